The number of nitro groups is 1. The molecule has 0 heterocycles. The van der Waals surface area contributed by atoms with E-state index in [9.17, 15) is 14.9 Å². The maximum absolute atomic E-state index is 12.4. The van der Waals surface area contributed by atoms with E-state index in [1.165, 1.54) is 12.1 Å². The number of aryl methyl sites for hydroxylation is 1. The molecule has 23 heavy (non-hydrogen) atoms. The van der Waals surface area contributed by atoms with Gasteiger partial charge in [-0.1, -0.05) is 18.2 Å². The largest absolute Gasteiger partial charge is 0.377 e. The number of hydrogen-bond acceptors (Lipinski definition) is 4. The van der Waals surface area contributed by atoms with Gasteiger partial charge in [0.2, 0.25) is 0 Å². The van der Waals surface area contributed by atoms with Crippen molar-refractivity contribution in [2.75, 3.05) is 11.9 Å². The highest BCUT2D eigenvalue weighted by Gasteiger charge is 2.15. The monoisotopic (exact) mass is 314 g/mol. The average Bonchev–Trinajstić information content (AvgIpc) is 2.53. The Morgan fingerprint density at radius 1 is 1.26 bits per heavy atom. The first-order valence-electron chi connectivity index (χ1n) is 7.24. The van der Waals surface area contributed by atoms with Crippen LogP contribution in [0.1, 0.15) is 28.4 Å². The summed E-state index contributed by atoms with van der Waals surface area (Å²) >= 11 is 0. The molecule has 0 aliphatic heterocycles. The zero-order valence-electron chi connectivity index (χ0n) is 13.0. The summed E-state index contributed by atoms with van der Waals surface area (Å²) in [5.74, 6) is -0.375. The molecule has 0 fully saturated rings. The summed E-state index contributed by atoms with van der Waals surface area (Å²) in [6.07, 6.45) is 0. The van der Waals surface area contributed by atoms with Gasteiger partial charge in [-0.3, -0.25) is 14.9 Å². The number of amides is 1. The molecule has 0 saturated heterocycles. The zero-order valence-corrected chi connectivity index (χ0v) is 13.0. The van der Waals surface area contributed by atoms with E-state index < -0.39 is 4.92 Å². The standard InChI is InChI=1S/C17H18N2O4/c1-3-23-11-13-5-4-6-14(9-13)18-17(20)16-10-15(19(21)22)8-7-12(16)2/h4-10H,3,11H2,1-2H3,(H,18,20). The van der Waals surface area contributed by atoms with Gasteiger partial charge < -0.3 is 10.1 Å². The number of ether oxygens (including phenoxy) is 1. The van der Waals surface area contributed by atoms with Crippen LogP contribution in [0.4, 0.5) is 11.4 Å². The molecule has 2 rings (SSSR count). The Labute approximate surface area is 134 Å². The van der Waals surface area contributed by atoms with Crippen LogP contribution in [0.25, 0.3) is 0 Å². The van der Waals surface area contributed by atoms with Crippen LogP contribution in [0.2, 0.25) is 0 Å². The summed E-state index contributed by atoms with van der Waals surface area (Å²) in [6, 6.07) is 11.6. The van der Waals surface area contributed by atoms with Crippen LogP contribution < -0.4 is 5.32 Å². The third kappa shape index (κ3) is 4.37. The molecule has 0 saturated carbocycles. The van der Waals surface area contributed by atoms with Gasteiger partial charge in [0.1, 0.15) is 0 Å². The Bertz CT molecular complexity index is 728. The van der Waals surface area contributed by atoms with Crippen molar-refractivity contribution in [3.05, 3.63) is 69.3 Å². The van der Waals surface area contributed by atoms with Crippen molar-refractivity contribution in [2.24, 2.45) is 0 Å². The van der Waals surface area contributed by atoms with E-state index in [1.54, 1.807) is 19.1 Å². The minimum absolute atomic E-state index is 0.106. The molecule has 0 aliphatic rings. The second kappa shape index (κ2) is 7.51. The quantitative estimate of drug-likeness (QED) is 0.651. The van der Waals surface area contributed by atoms with Crippen LogP contribution in [0.15, 0.2) is 42.5 Å². The molecular weight excluding hydrogens is 296 g/mol. The molecule has 0 unspecified atom stereocenters. The molecule has 120 valence electrons. The van der Waals surface area contributed by atoms with Crippen LogP contribution in [-0.2, 0) is 11.3 Å². The number of carbonyl (C=O) groups is 1. The Morgan fingerprint density at radius 3 is 2.74 bits per heavy atom. The second-order valence-corrected chi connectivity index (χ2v) is 5.05. The van der Waals surface area contributed by atoms with E-state index in [0.29, 0.717) is 24.5 Å². The fourth-order valence-electron chi connectivity index (χ4n) is 2.13. The van der Waals surface area contributed by atoms with E-state index in [-0.39, 0.29) is 17.2 Å². The van der Waals surface area contributed by atoms with E-state index >= 15 is 0 Å². The first-order chi connectivity index (χ1) is 11.0. The van der Waals surface area contributed by atoms with Gasteiger partial charge in [-0.2, -0.15) is 0 Å². The molecule has 0 aliphatic carbocycles. The Kier molecular flexibility index (Phi) is 5.43. The number of nitrogens with zero attached hydrogens (tertiary/aromatic N) is 1. The van der Waals surface area contributed by atoms with E-state index in [2.05, 4.69) is 5.32 Å². The van der Waals surface area contributed by atoms with Crippen molar-refractivity contribution in [1.29, 1.82) is 0 Å². The molecule has 1 N–H and O–H groups in total. The number of hydrogen-bond donors (Lipinski definition) is 1. The highest BCUT2D eigenvalue weighted by molar-refractivity contribution is 6.05. The summed E-state index contributed by atoms with van der Waals surface area (Å²) in [5.41, 5.74) is 2.43. The molecule has 2 aromatic carbocycles. The Morgan fingerprint density at radius 2 is 2.04 bits per heavy atom. The first kappa shape index (κ1) is 16.6. The van der Waals surface area contributed by atoms with Crippen molar-refractivity contribution in [2.45, 2.75) is 20.5 Å². The average molecular weight is 314 g/mol. The van der Waals surface area contributed by atoms with Gasteiger partial charge in [0.25, 0.3) is 11.6 Å². The number of non-ortho nitro benzene ring substituents is 1. The Balaban J connectivity index is 2.19. The van der Waals surface area contributed by atoms with Gasteiger partial charge in [0.15, 0.2) is 0 Å². The molecular formula is C17H18N2O4. The molecule has 6 nitrogen and oxygen atoms in total. The molecule has 1 amide bonds. The molecule has 2 aromatic rings. The lowest BCUT2D eigenvalue weighted by molar-refractivity contribution is -0.384. The predicted molar refractivity (Wildman–Crippen MR) is 87.6 cm³/mol. The summed E-state index contributed by atoms with van der Waals surface area (Å²) in [6.45, 7) is 4.74. The van der Waals surface area contributed by atoms with Gasteiger partial charge in [-0.25, -0.2) is 0 Å². The maximum Gasteiger partial charge on any atom is 0.270 e. The van der Waals surface area contributed by atoms with Crippen LogP contribution in [0.3, 0.4) is 0 Å². The lowest BCUT2D eigenvalue weighted by Crippen LogP contribution is -2.14. The summed E-state index contributed by atoms with van der Waals surface area (Å²) < 4.78 is 5.34. The highest BCUT2D eigenvalue weighted by Crippen LogP contribution is 2.19. The van der Waals surface area contributed by atoms with E-state index in [0.717, 1.165) is 5.56 Å². The summed E-state index contributed by atoms with van der Waals surface area (Å²) in [5, 5.41) is 13.6. The van der Waals surface area contributed by atoms with E-state index in [4.69, 9.17) is 4.74 Å². The van der Waals surface area contributed by atoms with Crippen molar-refractivity contribution >= 4 is 17.3 Å². The molecule has 0 bridgehead atoms. The zero-order chi connectivity index (χ0) is 16.8. The van der Waals surface area contributed by atoms with Gasteiger partial charge in [-0.05, 0) is 37.1 Å². The molecule has 0 spiro atoms. The number of nitrogens with one attached hydrogen (secondary N) is 1. The van der Waals surface area contributed by atoms with Crippen molar-refractivity contribution in [1.82, 2.24) is 0 Å². The SMILES string of the molecule is CCOCc1cccc(NC(=O)c2cc([N+](=O)[O-])ccc2C)c1. The number of carbonyl (C=O) groups excluding carboxylic acids is 1. The van der Waals surface area contributed by atoms with Crippen molar-refractivity contribution in [3.8, 4) is 0 Å². The fraction of sp³-hybridized carbons (Fsp3) is 0.235. The van der Waals surface area contributed by atoms with Crippen LogP contribution >= 0.6 is 0 Å². The lowest BCUT2D eigenvalue weighted by Gasteiger charge is -2.09. The smallest absolute Gasteiger partial charge is 0.270 e. The van der Waals surface area contributed by atoms with Gasteiger partial charge in [0.05, 0.1) is 11.5 Å². The van der Waals surface area contributed by atoms with Crippen molar-refractivity contribution in [3.63, 3.8) is 0 Å². The third-order valence-corrected chi connectivity index (χ3v) is 3.33. The predicted octanol–water partition coefficient (Wildman–Crippen LogP) is 3.69. The van der Waals surface area contributed by atoms with Crippen LogP contribution in [0, 0.1) is 17.0 Å². The van der Waals surface area contributed by atoms with Crippen molar-refractivity contribution < 1.29 is 14.5 Å². The fourth-order valence-corrected chi connectivity index (χ4v) is 2.13. The van der Waals surface area contributed by atoms with Gasteiger partial charge in [-0.15, -0.1) is 0 Å². The normalized spacial score (nSPS) is 10.3. The second-order valence-electron chi connectivity index (χ2n) is 5.05. The minimum atomic E-state index is -0.515. The maximum atomic E-state index is 12.4. The van der Waals surface area contributed by atoms with Gasteiger partial charge in [0, 0.05) is 30.0 Å². The number of rotatable bonds is 6. The summed E-state index contributed by atoms with van der Waals surface area (Å²) in [4.78, 5) is 22.7. The van der Waals surface area contributed by atoms with Gasteiger partial charge >= 0.3 is 0 Å². The number of anilines is 1. The number of benzene rings is 2. The van der Waals surface area contributed by atoms with Crippen LogP contribution in [0.5, 0.6) is 0 Å². The highest BCUT2D eigenvalue weighted by atomic mass is 16.6. The first-order valence-corrected chi connectivity index (χ1v) is 7.24. The third-order valence-electron chi connectivity index (χ3n) is 3.33. The summed E-state index contributed by atoms with van der Waals surface area (Å²) in [7, 11) is 0. The van der Waals surface area contributed by atoms with E-state index in [1.807, 2.05) is 25.1 Å². The topological polar surface area (TPSA) is 81.5 Å². The molecule has 0 atom stereocenters. The molecule has 0 aromatic heterocycles. The minimum Gasteiger partial charge on any atom is -0.377 e. The lowest BCUT2D eigenvalue weighted by atomic mass is 10.1. The molecule has 0 radical (unpaired) electrons. The number of nitro benzene ring substituents is 1. The Hall–Kier alpha value is -2.73. The van der Waals surface area contributed by atoms with Crippen LogP contribution in [-0.4, -0.2) is 17.4 Å². The molecule has 6 heteroatoms.